The second-order valence-electron chi connectivity index (χ2n) is 14.4. The summed E-state index contributed by atoms with van der Waals surface area (Å²) < 4.78 is 5.50. The standard InChI is InChI=1S/C52H30S2/c1-2-12-33-28-35(21-20-31(33)10-1)34-13-9-14-36(29-34)48-40-16-5-7-18-42(40)49(43-19-8-6-17-41(43)48)37-23-24-39-44-26-27-46-45-25-22-32-11-3-4-15-38(32)50(45)54-52(46)51(44)53-47(39)30-37/h1-30H. The van der Waals surface area contributed by atoms with Gasteiger partial charge in [0.1, 0.15) is 0 Å². The van der Waals surface area contributed by atoms with E-state index in [1.807, 2.05) is 22.7 Å². The van der Waals surface area contributed by atoms with E-state index in [0.29, 0.717) is 0 Å². The summed E-state index contributed by atoms with van der Waals surface area (Å²) in [5.74, 6) is 0. The topological polar surface area (TPSA) is 0 Å². The van der Waals surface area contributed by atoms with E-state index in [0.717, 1.165) is 0 Å². The molecular weight excluding hydrogens is 689 g/mol. The Morgan fingerprint density at radius 1 is 0.241 bits per heavy atom. The lowest BCUT2D eigenvalue weighted by Crippen LogP contribution is -1.91. The molecule has 0 nitrogen and oxygen atoms in total. The number of thiophene rings is 2. The van der Waals surface area contributed by atoms with Gasteiger partial charge in [0, 0.05) is 30.9 Å². The number of rotatable bonds is 3. The predicted octanol–water partition coefficient (Wildman–Crippen LogP) is 16.0. The molecule has 0 bridgehead atoms. The second-order valence-corrected chi connectivity index (χ2v) is 16.5. The summed E-state index contributed by atoms with van der Waals surface area (Å²) in [5.41, 5.74) is 7.55. The SMILES string of the molecule is c1cc(-c2ccc3ccccc3c2)cc(-c2c3ccccc3c(-c3ccc4c(c3)sc3c4ccc4c5ccc6ccccc6c5sc43)c3ccccc23)c1. The molecule has 12 aromatic rings. The molecule has 0 aliphatic rings. The van der Waals surface area contributed by atoms with E-state index in [2.05, 4.69) is 182 Å². The van der Waals surface area contributed by atoms with Crippen molar-refractivity contribution < 1.29 is 0 Å². The van der Waals surface area contributed by atoms with Crippen molar-refractivity contribution in [3.8, 4) is 33.4 Å². The molecule has 54 heavy (non-hydrogen) atoms. The zero-order chi connectivity index (χ0) is 35.3. The van der Waals surface area contributed by atoms with Gasteiger partial charge in [0.15, 0.2) is 0 Å². The van der Waals surface area contributed by atoms with Crippen LogP contribution in [0.15, 0.2) is 182 Å². The maximum atomic E-state index is 2.45. The quantitative estimate of drug-likeness (QED) is 0.160. The third-order valence-electron chi connectivity index (χ3n) is 11.4. The van der Waals surface area contributed by atoms with Crippen LogP contribution in [-0.2, 0) is 0 Å². The van der Waals surface area contributed by atoms with Gasteiger partial charge in [-0.1, -0.05) is 164 Å². The van der Waals surface area contributed by atoms with E-state index in [-0.39, 0.29) is 0 Å². The molecule has 0 radical (unpaired) electrons. The monoisotopic (exact) mass is 718 g/mol. The Labute approximate surface area is 319 Å². The van der Waals surface area contributed by atoms with Crippen molar-refractivity contribution in [2.75, 3.05) is 0 Å². The van der Waals surface area contributed by atoms with Crippen LogP contribution in [-0.4, -0.2) is 0 Å². The van der Waals surface area contributed by atoms with E-state index in [1.54, 1.807) is 0 Å². The molecule has 2 aromatic heterocycles. The number of hydrogen-bond acceptors (Lipinski definition) is 2. The normalized spacial score (nSPS) is 12.1. The summed E-state index contributed by atoms with van der Waals surface area (Å²) in [6.45, 7) is 0. The molecule has 10 aromatic carbocycles. The van der Waals surface area contributed by atoms with Crippen molar-refractivity contribution in [3.63, 3.8) is 0 Å². The second kappa shape index (κ2) is 11.6. The van der Waals surface area contributed by atoms with Crippen LogP contribution in [0, 0.1) is 0 Å². The van der Waals surface area contributed by atoms with Gasteiger partial charge in [-0.3, -0.25) is 0 Å². The number of fused-ring (bicyclic) bond motifs is 12. The molecule has 0 spiro atoms. The van der Waals surface area contributed by atoms with Gasteiger partial charge in [-0.25, -0.2) is 0 Å². The fourth-order valence-corrected chi connectivity index (χ4v) is 11.6. The Morgan fingerprint density at radius 3 is 1.46 bits per heavy atom. The van der Waals surface area contributed by atoms with Gasteiger partial charge in [-0.15, -0.1) is 22.7 Å². The predicted molar refractivity (Wildman–Crippen MR) is 239 cm³/mol. The van der Waals surface area contributed by atoms with Crippen LogP contribution in [0.1, 0.15) is 0 Å². The Kier molecular flexibility index (Phi) is 6.48. The number of benzene rings is 10. The first kappa shape index (κ1) is 30.2. The Balaban J connectivity index is 1.06. The largest absolute Gasteiger partial charge is 0.134 e. The zero-order valence-electron chi connectivity index (χ0n) is 29.1. The highest BCUT2D eigenvalue weighted by atomic mass is 32.1. The molecule has 0 saturated carbocycles. The highest BCUT2D eigenvalue weighted by Crippen LogP contribution is 2.49. The molecule has 0 aliphatic carbocycles. The third kappa shape index (κ3) is 4.42. The van der Waals surface area contributed by atoms with Gasteiger partial charge in [-0.05, 0) is 94.7 Å². The van der Waals surface area contributed by atoms with Crippen LogP contribution >= 0.6 is 22.7 Å². The molecule has 0 unspecified atom stereocenters. The van der Waals surface area contributed by atoms with Gasteiger partial charge in [0.05, 0.1) is 9.40 Å². The summed E-state index contributed by atoms with van der Waals surface area (Å²) in [7, 11) is 0. The highest BCUT2D eigenvalue weighted by molar-refractivity contribution is 7.34. The van der Waals surface area contributed by atoms with Crippen LogP contribution in [0.25, 0.3) is 117 Å². The first-order valence-corrected chi connectivity index (χ1v) is 20.1. The molecular formula is C52H30S2. The molecule has 0 aliphatic heterocycles. The van der Waals surface area contributed by atoms with Crippen LogP contribution in [0.4, 0.5) is 0 Å². The maximum Gasteiger partial charge on any atom is 0.0534 e. The lowest BCUT2D eigenvalue weighted by atomic mass is 9.85. The summed E-state index contributed by atoms with van der Waals surface area (Å²) in [5, 5.41) is 15.7. The molecule has 0 atom stereocenters. The van der Waals surface area contributed by atoms with Crippen LogP contribution in [0.2, 0.25) is 0 Å². The maximum absolute atomic E-state index is 2.45. The smallest absolute Gasteiger partial charge is 0.0534 e. The first-order chi connectivity index (χ1) is 26.8. The molecule has 0 N–H and O–H groups in total. The lowest BCUT2D eigenvalue weighted by Gasteiger charge is -2.18. The van der Waals surface area contributed by atoms with Gasteiger partial charge in [0.2, 0.25) is 0 Å². The molecule has 0 saturated heterocycles. The third-order valence-corrected chi connectivity index (χ3v) is 14.0. The molecule has 12 rings (SSSR count). The average molecular weight is 719 g/mol. The average Bonchev–Trinajstić information content (AvgIpc) is 3.81. The van der Waals surface area contributed by atoms with Gasteiger partial charge < -0.3 is 0 Å². The van der Waals surface area contributed by atoms with E-state index in [4.69, 9.17) is 0 Å². The highest BCUT2D eigenvalue weighted by Gasteiger charge is 2.19. The Morgan fingerprint density at radius 2 is 0.722 bits per heavy atom. The van der Waals surface area contributed by atoms with Crippen LogP contribution < -0.4 is 0 Å². The van der Waals surface area contributed by atoms with Gasteiger partial charge in [0.25, 0.3) is 0 Å². The Hall–Kier alpha value is -6.32. The van der Waals surface area contributed by atoms with E-state index >= 15 is 0 Å². The van der Waals surface area contributed by atoms with Crippen molar-refractivity contribution >= 4 is 106 Å². The first-order valence-electron chi connectivity index (χ1n) is 18.5. The van der Waals surface area contributed by atoms with Crippen molar-refractivity contribution in [2.24, 2.45) is 0 Å². The minimum absolute atomic E-state index is 1.23. The van der Waals surface area contributed by atoms with E-state index in [1.165, 1.54) is 117 Å². The number of hydrogen-bond donors (Lipinski definition) is 0. The molecule has 250 valence electrons. The summed E-state index contributed by atoms with van der Waals surface area (Å²) in [6, 6.07) is 67.7. The van der Waals surface area contributed by atoms with Gasteiger partial charge in [-0.2, -0.15) is 0 Å². The van der Waals surface area contributed by atoms with E-state index in [9.17, 15) is 0 Å². The van der Waals surface area contributed by atoms with Crippen molar-refractivity contribution in [1.82, 2.24) is 0 Å². The minimum atomic E-state index is 1.23. The van der Waals surface area contributed by atoms with Crippen molar-refractivity contribution in [1.29, 1.82) is 0 Å². The minimum Gasteiger partial charge on any atom is -0.134 e. The molecule has 0 fully saturated rings. The van der Waals surface area contributed by atoms with Crippen molar-refractivity contribution in [3.05, 3.63) is 182 Å². The summed E-state index contributed by atoms with van der Waals surface area (Å²) in [6.07, 6.45) is 0. The van der Waals surface area contributed by atoms with Crippen LogP contribution in [0.5, 0.6) is 0 Å². The van der Waals surface area contributed by atoms with E-state index < -0.39 is 0 Å². The molecule has 2 heteroatoms. The van der Waals surface area contributed by atoms with Crippen LogP contribution in [0.3, 0.4) is 0 Å². The molecule has 2 heterocycles. The summed E-state index contributed by atoms with van der Waals surface area (Å²) in [4.78, 5) is 0. The Bertz CT molecular complexity index is 3450. The molecule has 0 amide bonds. The zero-order valence-corrected chi connectivity index (χ0v) is 30.8. The van der Waals surface area contributed by atoms with Crippen molar-refractivity contribution in [2.45, 2.75) is 0 Å². The fourth-order valence-electron chi connectivity index (χ4n) is 8.92. The van der Waals surface area contributed by atoms with Gasteiger partial charge >= 0.3 is 0 Å². The lowest BCUT2D eigenvalue weighted by molar-refractivity contribution is 1.63. The fraction of sp³-hybridized carbons (Fsp3) is 0. The summed E-state index contributed by atoms with van der Waals surface area (Å²) >= 11 is 3.89.